The highest BCUT2D eigenvalue weighted by atomic mass is 16.4. The summed E-state index contributed by atoms with van der Waals surface area (Å²) in [5.74, 6) is 0. The van der Waals surface area contributed by atoms with Gasteiger partial charge in [0, 0.05) is 12.6 Å². The Morgan fingerprint density at radius 2 is 2.42 bits per heavy atom. The highest BCUT2D eigenvalue weighted by molar-refractivity contribution is 5.64. The van der Waals surface area contributed by atoms with Crippen LogP contribution >= 0.6 is 0 Å². The van der Waals surface area contributed by atoms with Gasteiger partial charge in [-0.05, 0) is 19.3 Å². The van der Waals surface area contributed by atoms with Crippen molar-refractivity contribution in [1.82, 2.24) is 5.32 Å². The Hall–Kier alpha value is -0.810. The van der Waals surface area contributed by atoms with Crippen molar-refractivity contribution >= 4 is 6.09 Å². The standard InChI is InChI=1S/C7H14N2O3/c8-4-7(12)2-1-5(3-7)9-6(10)11/h5,9,12H,1-4,8H2,(H,10,11). The molecule has 1 aliphatic rings. The Morgan fingerprint density at radius 3 is 2.83 bits per heavy atom. The summed E-state index contributed by atoms with van der Waals surface area (Å²) in [6.07, 6.45) is 0.630. The minimum absolute atomic E-state index is 0.143. The summed E-state index contributed by atoms with van der Waals surface area (Å²) in [7, 11) is 0. The van der Waals surface area contributed by atoms with Crippen molar-refractivity contribution < 1.29 is 15.0 Å². The van der Waals surface area contributed by atoms with Crippen LogP contribution in [0.5, 0.6) is 0 Å². The molecule has 1 aliphatic carbocycles. The van der Waals surface area contributed by atoms with E-state index in [0.29, 0.717) is 19.3 Å². The average molecular weight is 174 g/mol. The van der Waals surface area contributed by atoms with E-state index < -0.39 is 11.7 Å². The fraction of sp³-hybridized carbons (Fsp3) is 0.857. The van der Waals surface area contributed by atoms with Crippen molar-refractivity contribution in [1.29, 1.82) is 0 Å². The van der Waals surface area contributed by atoms with E-state index in [2.05, 4.69) is 5.32 Å². The molecule has 0 aliphatic heterocycles. The van der Waals surface area contributed by atoms with Gasteiger partial charge in [-0.2, -0.15) is 0 Å². The molecule has 0 aromatic rings. The number of aliphatic hydroxyl groups is 1. The maximum absolute atomic E-state index is 10.2. The molecule has 0 aromatic heterocycles. The molecule has 1 saturated carbocycles. The first-order valence-electron chi connectivity index (χ1n) is 3.98. The molecule has 0 bridgehead atoms. The fourth-order valence-corrected chi connectivity index (χ4v) is 1.59. The Balaban J connectivity index is 2.40. The van der Waals surface area contributed by atoms with E-state index in [0.717, 1.165) is 0 Å². The van der Waals surface area contributed by atoms with Gasteiger partial charge in [-0.15, -0.1) is 0 Å². The van der Waals surface area contributed by atoms with Gasteiger partial charge in [0.2, 0.25) is 0 Å². The Labute approximate surface area is 70.6 Å². The third-order valence-corrected chi connectivity index (χ3v) is 2.29. The first-order valence-corrected chi connectivity index (χ1v) is 3.98. The van der Waals surface area contributed by atoms with Gasteiger partial charge in [0.1, 0.15) is 0 Å². The van der Waals surface area contributed by atoms with Crippen LogP contribution in [0.15, 0.2) is 0 Å². The second-order valence-corrected chi connectivity index (χ2v) is 3.32. The first-order chi connectivity index (χ1) is 5.56. The summed E-state index contributed by atoms with van der Waals surface area (Å²) < 4.78 is 0. The van der Waals surface area contributed by atoms with E-state index in [-0.39, 0.29) is 12.6 Å². The van der Waals surface area contributed by atoms with Crippen LogP contribution in [0.25, 0.3) is 0 Å². The van der Waals surface area contributed by atoms with Gasteiger partial charge in [0.25, 0.3) is 0 Å². The number of carbonyl (C=O) groups is 1. The summed E-state index contributed by atoms with van der Waals surface area (Å²) in [5, 5.41) is 20.4. The lowest BCUT2D eigenvalue weighted by Gasteiger charge is -2.19. The predicted octanol–water partition coefficient (Wildman–Crippen LogP) is -0.504. The third kappa shape index (κ3) is 2.09. The van der Waals surface area contributed by atoms with Crippen molar-refractivity contribution in [3.05, 3.63) is 0 Å². The maximum atomic E-state index is 10.2. The Morgan fingerprint density at radius 1 is 1.75 bits per heavy atom. The normalized spacial score (nSPS) is 35.0. The van der Waals surface area contributed by atoms with Crippen molar-refractivity contribution in [3.63, 3.8) is 0 Å². The average Bonchev–Trinajstić information content (AvgIpc) is 2.32. The first kappa shape index (κ1) is 9.28. The summed E-state index contributed by atoms with van der Waals surface area (Å²) in [6.45, 7) is 0.199. The van der Waals surface area contributed by atoms with Gasteiger partial charge in [-0.25, -0.2) is 4.79 Å². The number of hydrogen-bond acceptors (Lipinski definition) is 3. The van der Waals surface area contributed by atoms with Crippen LogP contribution in [0, 0.1) is 0 Å². The molecule has 5 N–H and O–H groups in total. The molecular weight excluding hydrogens is 160 g/mol. The minimum atomic E-state index is -1.04. The Bertz CT molecular complexity index is 185. The fourth-order valence-electron chi connectivity index (χ4n) is 1.59. The molecule has 0 radical (unpaired) electrons. The second-order valence-electron chi connectivity index (χ2n) is 3.32. The molecule has 12 heavy (non-hydrogen) atoms. The lowest BCUT2D eigenvalue weighted by atomic mass is 10.0. The lowest BCUT2D eigenvalue weighted by Crippen LogP contribution is -2.38. The topological polar surface area (TPSA) is 95.6 Å². The van der Waals surface area contributed by atoms with Crippen LogP contribution in [0.1, 0.15) is 19.3 Å². The number of carboxylic acid groups (broad SMARTS) is 1. The van der Waals surface area contributed by atoms with Gasteiger partial charge >= 0.3 is 6.09 Å². The molecule has 1 amide bonds. The summed E-state index contributed by atoms with van der Waals surface area (Å²) >= 11 is 0. The summed E-state index contributed by atoms with van der Waals surface area (Å²) in [5.41, 5.74) is 4.48. The molecule has 1 rings (SSSR count). The molecule has 0 aromatic carbocycles. The minimum Gasteiger partial charge on any atom is -0.465 e. The van der Waals surface area contributed by atoms with Crippen molar-refractivity contribution in [3.8, 4) is 0 Å². The van der Waals surface area contributed by atoms with Crippen molar-refractivity contribution in [2.45, 2.75) is 30.9 Å². The number of nitrogens with two attached hydrogens (primary N) is 1. The van der Waals surface area contributed by atoms with Crippen LogP contribution < -0.4 is 11.1 Å². The second kappa shape index (κ2) is 3.28. The highest BCUT2D eigenvalue weighted by Crippen LogP contribution is 2.28. The van der Waals surface area contributed by atoms with E-state index in [1.807, 2.05) is 0 Å². The third-order valence-electron chi connectivity index (χ3n) is 2.29. The molecule has 1 fully saturated rings. The van der Waals surface area contributed by atoms with E-state index >= 15 is 0 Å². The zero-order chi connectivity index (χ0) is 9.19. The van der Waals surface area contributed by atoms with E-state index in [1.165, 1.54) is 0 Å². The van der Waals surface area contributed by atoms with Crippen LogP contribution in [0.2, 0.25) is 0 Å². The van der Waals surface area contributed by atoms with Crippen LogP contribution in [-0.2, 0) is 0 Å². The quantitative estimate of drug-likeness (QED) is 0.453. The molecule has 5 nitrogen and oxygen atoms in total. The van der Waals surface area contributed by atoms with E-state index in [1.54, 1.807) is 0 Å². The van der Waals surface area contributed by atoms with Crippen LogP contribution in [0.4, 0.5) is 4.79 Å². The number of hydrogen-bond donors (Lipinski definition) is 4. The molecular formula is C7H14N2O3. The predicted molar refractivity (Wildman–Crippen MR) is 42.8 cm³/mol. The van der Waals surface area contributed by atoms with Crippen LogP contribution in [-0.4, -0.2) is 34.5 Å². The monoisotopic (exact) mass is 174 g/mol. The molecule has 0 spiro atoms. The van der Waals surface area contributed by atoms with Gasteiger partial charge in [0.15, 0.2) is 0 Å². The number of rotatable bonds is 2. The van der Waals surface area contributed by atoms with Crippen LogP contribution in [0.3, 0.4) is 0 Å². The molecule has 70 valence electrons. The van der Waals surface area contributed by atoms with Gasteiger partial charge < -0.3 is 21.3 Å². The zero-order valence-electron chi connectivity index (χ0n) is 6.79. The van der Waals surface area contributed by atoms with Gasteiger partial charge in [-0.3, -0.25) is 0 Å². The van der Waals surface area contributed by atoms with Gasteiger partial charge in [-0.1, -0.05) is 0 Å². The SMILES string of the molecule is NCC1(O)CCC(NC(=O)O)C1. The number of nitrogens with one attached hydrogen (secondary N) is 1. The molecule has 0 saturated heterocycles. The molecule has 2 atom stereocenters. The lowest BCUT2D eigenvalue weighted by molar-refractivity contribution is 0.0545. The largest absolute Gasteiger partial charge is 0.465 e. The number of amides is 1. The van der Waals surface area contributed by atoms with E-state index in [4.69, 9.17) is 10.8 Å². The van der Waals surface area contributed by atoms with Crippen molar-refractivity contribution in [2.24, 2.45) is 5.73 Å². The summed E-state index contributed by atoms with van der Waals surface area (Å²) in [6, 6.07) is -0.143. The van der Waals surface area contributed by atoms with Gasteiger partial charge in [0.05, 0.1) is 5.60 Å². The Kier molecular flexibility index (Phi) is 2.54. The molecule has 2 unspecified atom stereocenters. The highest BCUT2D eigenvalue weighted by Gasteiger charge is 2.36. The van der Waals surface area contributed by atoms with Crippen molar-refractivity contribution in [2.75, 3.05) is 6.54 Å². The maximum Gasteiger partial charge on any atom is 0.404 e. The molecule has 0 heterocycles. The zero-order valence-corrected chi connectivity index (χ0v) is 6.79. The van der Waals surface area contributed by atoms with E-state index in [9.17, 15) is 9.90 Å². The smallest absolute Gasteiger partial charge is 0.404 e. The summed E-state index contributed by atoms with van der Waals surface area (Å²) in [4.78, 5) is 10.2. The molecule has 5 heteroatoms.